The van der Waals surface area contributed by atoms with E-state index in [0.717, 1.165) is 0 Å². The number of hydrogen-bond acceptors (Lipinski definition) is 6. The van der Waals surface area contributed by atoms with Crippen LogP contribution in [-0.2, 0) is 7.05 Å². The van der Waals surface area contributed by atoms with Gasteiger partial charge in [0.2, 0.25) is 0 Å². The van der Waals surface area contributed by atoms with Gasteiger partial charge in [0, 0.05) is 17.6 Å². The van der Waals surface area contributed by atoms with Crippen LogP contribution < -0.4 is 0 Å². The van der Waals surface area contributed by atoms with Gasteiger partial charge in [-0.2, -0.15) is 0 Å². The summed E-state index contributed by atoms with van der Waals surface area (Å²) in [4.78, 5) is 11.2. The Balaban J connectivity index is 2.29. The molecule has 1 atom stereocenters. The third kappa shape index (κ3) is 3.10. The predicted molar refractivity (Wildman–Crippen MR) is 73.9 cm³/mol. The van der Waals surface area contributed by atoms with Crippen molar-refractivity contribution >= 4 is 33.4 Å². The lowest BCUT2D eigenvalue weighted by Gasteiger charge is -2.09. The van der Waals surface area contributed by atoms with Crippen molar-refractivity contribution in [2.75, 3.05) is 0 Å². The quantitative estimate of drug-likeness (QED) is 0.481. The summed E-state index contributed by atoms with van der Waals surface area (Å²) in [5.74, 6) is 0.669. The van der Waals surface area contributed by atoms with Crippen LogP contribution >= 0.6 is 27.7 Å². The van der Waals surface area contributed by atoms with Crippen molar-refractivity contribution in [3.8, 4) is 0 Å². The average Bonchev–Trinajstić information content (AvgIpc) is 2.77. The summed E-state index contributed by atoms with van der Waals surface area (Å²) in [7, 11) is 1.74. The van der Waals surface area contributed by atoms with Gasteiger partial charge in [0.05, 0.1) is 15.1 Å². The molecule has 1 aromatic carbocycles. The number of tetrazole rings is 1. The molecule has 2 aromatic rings. The zero-order chi connectivity index (χ0) is 14.0. The Bertz CT molecular complexity index is 618. The van der Waals surface area contributed by atoms with Gasteiger partial charge in [-0.3, -0.25) is 10.1 Å². The molecule has 0 spiro atoms. The molecule has 0 saturated heterocycles. The molecule has 1 heterocycles. The standard InChI is InChI=1S/C10H10BrN5O2S/c1-6(10-12-13-14-15(10)2)19-9-4-3-7(11)5-8(9)16(17)18/h3-6H,1-2H3. The Morgan fingerprint density at radius 2 is 2.26 bits per heavy atom. The highest BCUT2D eigenvalue weighted by atomic mass is 79.9. The first kappa shape index (κ1) is 13.9. The number of aromatic nitrogens is 4. The molecular weight excluding hydrogens is 334 g/mol. The number of aryl methyl sites for hydroxylation is 1. The number of nitrogens with zero attached hydrogens (tertiary/aromatic N) is 5. The van der Waals surface area contributed by atoms with Crippen LogP contribution in [0.3, 0.4) is 0 Å². The highest BCUT2D eigenvalue weighted by Gasteiger charge is 2.20. The molecule has 19 heavy (non-hydrogen) atoms. The lowest BCUT2D eigenvalue weighted by Crippen LogP contribution is -2.02. The van der Waals surface area contributed by atoms with E-state index in [1.807, 2.05) is 6.92 Å². The number of hydrogen-bond donors (Lipinski definition) is 0. The van der Waals surface area contributed by atoms with Gasteiger partial charge in [0.25, 0.3) is 5.69 Å². The molecule has 9 heteroatoms. The molecular formula is C10H10BrN5O2S. The fourth-order valence-electron chi connectivity index (χ4n) is 1.56. The van der Waals surface area contributed by atoms with Crippen molar-refractivity contribution in [2.45, 2.75) is 17.1 Å². The molecule has 0 fully saturated rings. The summed E-state index contributed by atoms with van der Waals surface area (Å²) in [6.07, 6.45) is 0. The first-order chi connectivity index (χ1) is 8.99. The predicted octanol–water partition coefficient (Wildman–Crippen LogP) is 2.73. The van der Waals surface area contributed by atoms with E-state index in [1.54, 1.807) is 23.9 Å². The summed E-state index contributed by atoms with van der Waals surface area (Å²) >= 11 is 4.58. The van der Waals surface area contributed by atoms with E-state index in [9.17, 15) is 10.1 Å². The van der Waals surface area contributed by atoms with Crippen LogP contribution in [0.5, 0.6) is 0 Å². The zero-order valence-corrected chi connectivity index (χ0v) is 12.6. The second-order valence-electron chi connectivity index (χ2n) is 3.79. The Labute approximate surface area is 121 Å². The lowest BCUT2D eigenvalue weighted by atomic mass is 10.3. The van der Waals surface area contributed by atoms with Gasteiger partial charge in [-0.15, -0.1) is 16.9 Å². The Kier molecular flexibility index (Phi) is 4.15. The fourth-order valence-corrected chi connectivity index (χ4v) is 2.99. The van der Waals surface area contributed by atoms with Gasteiger partial charge in [-0.05, 0) is 29.5 Å². The molecule has 100 valence electrons. The van der Waals surface area contributed by atoms with Crippen LogP contribution in [0.25, 0.3) is 0 Å². The lowest BCUT2D eigenvalue weighted by molar-refractivity contribution is -0.387. The third-order valence-electron chi connectivity index (χ3n) is 2.44. The molecule has 0 aliphatic rings. The van der Waals surface area contributed by atoms with Crippen molar-refractivity contribution in [2.24, 2.45) is 7.05 Å². The molecule has 2 rings (SSSR count). The molecule has 0 bridgehead atoms. The summed E-state index contributed by atoms with van der Waals surface area (Å²) in [6, 6.07) is 4.98. The maximum Gasteiger partial charge on any atom is 0.284 e. The minimum absolute atomic E-state index is 0.0707. The highest BCUT2D eigenvalue weighted by Crippen LogP contribution is 2.39. The molecule has 0 aliphatic heterocycles. The number of rotatable bonds is 4. The van der Waals surface area contributed by atoms with Crippen LogP contribution in [0.15, 0.2) is 27.6 Å². The third-order valence-corrected chi connectivity index (χ3v) is 4.09. The van der Waals surface area contributed by atoms with Gasteiger partial charge >= 0.3 is 0 Å². The Hall–Kier alpha value is -1.48. The maximum absolute atomic E-state index is 11.0. The minimum Gasteiger partial charge on any atom is -0.258 e. The first-order valence-corrected chi connectivity index (χ1v) is 6.99. The number of nitro groups is 1. The van der Waals surface area contributed by atoms with E-state index in [4.69, 9.17) is 0 Å². The maximum atomic E-state index is 11.0. The summed E-state index contributed by atoms with van der Waals surface area (Å²) in [5.41, 5.74) is 0.0707. The SMILES string of the molecule is CC(Sc1ccc(Br)cc1[N+](=O)[O-])c1nnnn1C. The van der Waals surface area contributed by atoms with E-state index >= 15 is 0 Å². The van der Waals surface area contributed by atoms with E-state index in [2.05, 4.69) is 31.5 Å². The number of thioether (sulfide) groups is 1. The van der Waals surface area contributed by atoms with E-state index in [0.29, 0.717) is 15.2 Å². The highest BCUT2D eigenvalue weighted by molar-refractivity contribution is 9.10. The van der Waals surface area contributed by atoms with Crippen LogP contribution in [0.1, 0.15) is 18.0 Å². The van der Waals surface area contributed by atoms with Crippen molar-refractivity contribution in [1.82, 2.24) is 20.2 Å². The Morgan fingerprint density at radius 3 is 2.84 bits per heavy atom. The molecule has 7 nitrogen and oxygen atoms in total. The number of halogens is 1. The summed E-state index contributed by atoms with van der Waals surface area (Å²) in [6.45, 7) is 1.90. The number of nitro benzene ring substituents is 1. The van der Waals surface area contributed by atoms with Gasteiger partial charge in [0.1, 0.15) is 0 Å². The first-order valence-electron chi connectivity index (χ1n) is 5.32. The second kappa shape index (κ2) is 5.66. The second-order valence-corrected chi connectivity index (χ2v) is 6.09. The summed E-state index contributed by atoms with van der Waals surface area (Å²) in [5, 5.41) is 22.2. The van der Waals surface area contributed by atoms with E-state index in [1.165, 1.54) is 17.8 Å². The van der Waals surface area contributed by atoms with Crippen LogP contribution in [0, 0.1) is 10.1 Å². The Morgan fingerprint density at radius 1 is 1.53 bits per heavy atom. The molecule has 0 aliphatic carbocycles. The molecule has 1 aromatic heterocycles. The van der Waals surface area contributed by atoms with Crippen LogP contribution in [0.2, 0.25) is 0 Å². The molecule has 0 saturated carbocycles. The van der Waals surface area contributed by atoms with Gasteiger partial charge < -0.3 is 0 Å². The van der Waals surface area contributed by atoms with Crippen molar-refractivity contribution in [3.05, 3.63) is 38.6 Å². The van der Waals surface area contributed by atoms with E-state index in [-0.39, 0.29) is 10.9 Å². The van der Waals surface area contributed by atoms with Crippen LogP contribution in [-0.4, -0.2) is 25.1 Å². The minimum atomic E-state index is -0.394. The summed E-state index contributed by atoms with van der Waals surface area (Å²) < 4.78 is 2.24. The van der Waals surface area contributed by atoms with Crippen molar-refractivity contribution in [3.63, 3.8) is 0 Å². The molecule has 0 amide bonds. The molecule has 0 radical (unpaired) electrons. The number of benzene rings is 1. The van der Waals surface area contributed by atoms with E-state index < -0.39 is 4.92 Å². The normalized spacial score (nSPS) is 12.4. The largest absolute Gasteiger partial charge is 0.284 e. The van der Waals surface area contributed by atoms with Gasteiger partial charge in [-0.25, -0.2) is 4.68 Å². The topological polar surface area (TPSA) is 86.7 Å². The van der Waals surface area contributed by atoms with Gasteiger partial charge in [-0.1, -0.05) is 15.9 Å². The van der Waals surface area contributed by atoms with Crippen LogP contribution in [0.4, 0.5) is 5.69 Å². The smallest absolute Gasteiger partial charge is 0.258 e. The molecule has 0 N–H and O–H groups in total. The fraction of sp³-hybridized carbons (Fsp3) is 0.300. The van der Waals surface area contributed by atoms with Crippen molar-refractivity contribution in [1.29, 1.82) is 0 Å². The zero-order valence-electron chi connectivity index (χ0n) is 10.1. The average molecular weight is 344 g/mol. The monoisotopic (exact) mass is 343 g/mol. The molecule has 1 unspecified atom stereocenters. The van der Waals surface area contributed by atoms with Gasteiger partial charge in [0.15, 0.2) is 5.82 Å². The van der Waals surface area contributed by atoms with Crippen molar-refractivity contribution < 1.29 is 4.92 Å².